The van der Waals surface area contributed by atoms with Crippen molar-refractivity contribution in [3.8, 4) is 5.75 Å². The number of nitrogens with zero attached hydrogens (tertiary/aromatic N) is 2. The second kappa shape index (κ2) is 11.2. The molecule has 0 saturated carbocycles. The fourth-order valence-electron chi connectivity index (χ4n) is 3.94. The maximum Gasteiger partial charge on any atom is 0.242 e. The summed E-state index contributed by atoms with van der Waals surface area (Å²) >= 11 is 7.87. The third-order valence-corrected chi connectivity index (χ3v) is 7.33. The Balaban J connectivity index is 1.75. The van der Waals surface area contributed by atoms with Gasteiger partial charge in [0.05, 0.1) is 12.6 Å². The summed E-state index contributed by atoms with van der Waals surface area (Å²) in [6.07, 6.45) is 2.13. The van der Waals surface area contributed by atoms with Crippen molar-refractivity contribution in [3.63, 3.8) is 0 Å². The predicted octanol–water partition coefficient (Wildman–Crippen LogP) is 5.50. The van der Waals surface area contributed by atoms with Crippen LogP contribution >= 0.6 is 22.9 Å². The standard InChI is InChI=1S/C25H33ClN2O3S/c1-5-24(29)27(11-8-17(2)3)15-25(30)28-12-9-23-20(10-13-32-23)22(28)16-31-19-6-7-21(26)18(4)14-19/h6-7,10,13-14,17,22H,5,8-9,11-12,15-16H2,1-4H3/t22-/m1/s1. The molecule has 0 bridgehead atoms. The summed E-state index contributed by atoms with van der Waals surface area (Å²) in [6.45, 7) is 9.78. The van der Waals surface area contributed by atoms with Crippen molar-refractivity contribution < 1.29 is 14.3 Å². The van der Waals surface area contributed by atoms with E-state index in [-0.39, 0.29) is 24.4 Å². The molecule has 0 unspecified atom stereocenters. The third-order valence-electron chi connectivity index (χ3n) is 5.91. The van der Waals surface area contributed by atoms with Gasteiger partial charge in [-0.3, -0.25) is 9.59 Å². The van der Waals surface area contributed by atoms with Crippen LogP contribution in [0.2, 0.25) is 5.02 Å². The normalized spacial score (nSPS) is 15.6. The average molecular weight is 477 g/mol. The largest absolute Gasteiger partial charge is 0.491 e. The van der Waals surface area contributed by atoms with Crippen LogP contribution in [0.4, 0.5) is 0 Å². The number of thiophene rings is 1. The number of carbonyl (C=O) groups is 2. The first-order valence-corrected chi connectivity index (χ1v) is 12.6. The van der Waals surface area contributed by atoms with E-state index in [0.717, 1.165) is 29.7 Å². The summed E-state index contributed by atoms with van der Waals surface area (Å²) in [5.41, 5.74) is 2.10. The van der Waals surface area contributed by atoms with Crippen LogP contribution in [0.1, 0.15) is 55.7 Å². The summed E-state index contributed by atoms with van der Waals surface area (Å²) in [6, 6.07) is 7.52. The van der Waals surface area contributed by atoms with E-state index in [1.54, 1.807) is 16.2 Å². The van der Waals surface area contributed by atoms with Crippen LogP contribution in [0.15, 0.2) is 29.6 Å². The smallest absolute Gasteiger partial charge is 0.242 e. The highest BCUT2D eigenvalue weighted by Gasteiger charge is 2.33. The van der Waals surface area contributed by atoms with Gasteiger partial charge in [-0.05, 0) is 66.5 Å². The number of fused-ring (bicyclic) bond motifs is 1. The monoisotopic (exact) mass is 476 g/mol. The summed E-state index contributed by atoms with van der Waals surface area (Å²) < 4.78 is 6.11. The Morgan fingerprint density at radius 2 is 2.09 bits per heavy atom. The summed E-state index contributed by atoms with van der Waals surface area (Å²) in [5.74, 6) is 1.22. The number of amides is 2. The summed E-state index contributed by atoms with van der Waals surface area (Å²) in [4.78, 5) is 30.8. The Kier molecular flexibility index (Phi) is 8.60. The Bertz CT molecular complexity index is 943. The lowest BCUT2D eigenvalue weighted by atomic mass is 10.00. The lowest BCUT2D eigenvalue weighted by Crippen LogP contribution is -2.48. The Morgan fingerprint density at radius 1 is 1.31 bits per heavy atom. The summed E-state index contributed by atoms with van der Waals surface area (Å²) in [5, 5.41) is 2.78. The first-order valence-electron chi connectivity index (χ1n) is 11.3. The van der Waals surface area contributed by atoms with Gasteiger partial charge >= 0.3 is 0 Å². The van der Waals surface area contributed by atoms with Crippen LogP contribution in [0.5, 0.6) is 5.75 Å². The lowest BCUT2D eigenvalue weighted by molar-refractivity contribution is -0.142. The molecule has 2 aromatic rings. The van der Waals surface area contributed by atoms with E-state index in [1.807, 2.05) is 36.9 Å². The van der Waals surface area contributed by atoms with Gasteiger partial charge in [0.25, 0.3) is 0 Å². The van der Waals surface area contributed by atoms with E-state index in [2.05, 4.69) is 25.3 Å². The number of halogens is 1. The van der Waals surface area contributed by atoms with Crippen molar-refractivity contribution in [1.29, 1.82) is 0 Å². The van der Waals surface area contributed by atoms with E-state index in [1.165, 1.54) is 4.88 Å². The van der Waals surface area contributed by atoms with Crippen molar-refractivity contribution in [2.75, 3.05) is 26.2 Å². The molecule has 1 atom stereocenters. The van der Waals surface area contributed by atoms with Crippen molar-refractivity contribution in [2.24, 2.45) is 5.92 Å². The van der Waals surface area contributed by atoms with Gasteiger partial charge in [-0.25, -0.2) is 0 Å². The zero-order valence-electron chi connectivity index (χ0n) is 19.4. The molecule has 3 rings (SSSR count). The molecular formula is C25H33ClN2O3S. The van der Waals surface area contributed by atoms with Gasteiger partial charge < -0.3 is 14.5 Å². The Morgan fingerprint density at radius 3 is 2.78 bits per heavy atom. The highest BCUT2D eigenvalue weighted by atomic mass is 35.5. The van der Waals surface area contributed by atoms with Crippen molar-refractivity contribution >= 4 is 34.8 Å². The molecule has 2 heterocycles. The molecule has 2 amide bonds. The quantitative estimate of drug-likeness (QED) is 0.480. The molecule has 0 aliphatic carbocycles. The SMILES string of the molecule is CCC(=O)N(CCC(C)C)CC(=O)N1CCc2sccc2[C@H]1COc1ccc(Cl)c(C)c1. The van der Waals surface area contributed by atoms with Crippen molar-refractivity contribution in [3.05, 3.63) is 50.7 Å². The molecular weight excluding hydrogens is 444 g/mol. The van der Waals surface area contributed by atoms with Gasteiger partial charge in [0, 0.05) is 29.4 Å². The zero-order valence-corrected chi connectivity index (χ0v) is 21.0. The van der Waals surface area contributed by atoms with Gasteiger partial charge in [0.15, 0.2) is 0 Å². The molecule has 0 spiro atoms. The molecule has 174 valence electrons. The summed E-state index contributed by atoms with van der Waals surface area (Å²) in [7, 11) is 0. The maximum atomic E-state index is 13.4. The molecule has 1 aromatic heterocycles. The van der Waals surface area contributed by atoms with Gasteiger partial charge in [0.2, 0.25) is 11.8 Å². The van der Waals surface area contributed by atoms with Gasteiger partial charge in [-0.2, -0.15) is 0 Å². The number of rotatable bonds is 9. The molecule has 0 saturated heterocycles. The molecule has 0 fully saturated rings. The van der Waals surface area contributed by atoms with Crippen LogP contribution in [-0.2, 0) is 16.0 Å². The van der Waals surface area contributed by atoms with Crippen LogP contribution in [0.25, 0.3) is 0 Å². The topological polar surface area (TPSA) is 49.9 Å². The van der Waals surface area contributed by atoms with Crippen LogP contribution in [-0.4, -0.2) is 47.9 Å². The highest BCUT2D eigenvalue weighted by Crippen LogP contribution is 2.34. The van der Waals surface area contributed by atoms with E-state index >= 15 is 0 Å². The number of hydrogen-bond donors (Lipinski definition) is 0. The predicted molar refractivity (Wildman–Crippen MR) is 130 cm³/mol. The molecule has 0 radical (unpaired) electrons. The second-order valence-corrected chi connectivity index (χ2v) is 10.1. The number of ether oxygens (including phenoxy) is 1. The maximum absolute atomic E-state index is 13.4. The molecule has 1 aliphatic rings. The van der Waals surface area contributed by atoms with E-state index < -0.39 is 0 Å². The first kappa shape index (κ1) is 24.6. The zero-order chi connectivity index (χ0) is 23.3. The van der Waals surface area contributed by atoms with E-state index in [4.69, 9.17) is 16.3 Å². The van der Waals surface area contributed by atoms with E-state index in [9.17, 15) is 9.59 Å². The fourth-order valence-corrected chi connectivity index (χ4v) is 4.99. The number of benzene rings is 1. The number of aryl methyl sites for hydroxylation is 1. The third kappa shape index (κ3) is 6.04. The van der Waals surface area contributed by atoms with Crippen LogP contribution in [0.3, 0.4) is 0 Å². The van der Waals surface area contributed by atoms with Crippen molar-refractivity contribution in [2.45, 2.75) is 53.0 Å². The molecule has 32 heavy (non-hydrogen) atoms. The molecule has 7 heteroatoms. The molecule has 1 aromatic carbocycles. The van der Waals surface area contributed by atoms with E-state index in [0.29, 0.717) is 37.1 Å². The van der Waals surface area contributed by atoms with Crippen LogP contribution < -0.4 is 4.74 Å². The molecule has 1 aliphatic heterocycles. The van der Waals surface area contributed by atoms with Gasteiger partial charge in [0.1, 0.15) is 12.4 Å². The molecule has 5 nitrogen and oxygen atoms in total. The highest BCUT2D eigenvalue weighted by molar-refractivity contribution is 7.10. The van der Waals surface area contributed by atoms with Crippen LogP contribution in [0, 0.1) is 12.8 Å². The van der Waals surface area contributed by atoms with Crippen molar-refractivity contribution in [1.82, 2.24) is 9.80 Å². The second-order valence-electron chi connectivity index (χ2n) is 8.73. The minimum absolute atomic E-state index is 0.0201. The lowest BCUT2D eigenvalue weighted by Gasteiger charge is -2.37. The minimum Gasteiger partial charge on any atom is -0.491 e. The Labute approximate surface area is 200 Å². The number of hydrogen-bond acceptors (Lipinski definition) is 4. The minimum atomic E-state index is -0.169. The first-order chi connectivity index (χ1) is 15.3. The fraction of sp³-hybridized carbons (Fsp3) is 0.520. The molecule has 0 N–H and O–H groups in total. The Hall–Kier alpha value is -2.05. The van der Waals surface area contributed by atoms with Gasteiger partial charge in [-0.1, -0.05) is 32.4 Å². The van der Waals surface area contributed by atoms with Gasteiger partial charge in [-0.15, -0.1) is 11.3 Å². The average Bonchev–Trinajstić information content (AvgIpc) is 3.25. The number of carbonyl (C=O) groups excluding carboxylic acids is 2.